The van der Waals surface area contributed by atoms with Crippen LogP contribution in [-0.4, -0.2) is 4.43 Å². The quantitative estimate of drug-likeness (QED) is 0.485. The van der Waals surface area contributed by atoms with Crippen LogP contribution in [0.5, 0.6) is 0 Å². The molecule has 1 rings (SSSR count). The van der Waals surface area contributed by atoms with Crippen molar-refractivity contribution in [1.82, 2.24) is 0 Å². The van der Waals surface area contributed by atoms with E-state index >= 15 is 0 Å². The van der Waals surface area contributed by atoms with E-state index in [0.717, 1.165) is 11.8 Å². The van der Waals surface area contributed by atoms with E-state index < -0.39 is 0 Å². The molecule has 0 spiro atoms. The van der Waals surface area contributed by atoms with Gasteiger partial charge in [-0.05, 0) is 29.1 Å². The summed E-state index contributed by atoms with van der Waals surface area (Å²) in [7, 11) is 0. The van der Waals surface area contributed by atoms with Crippen molar-refractivity contribution < 1.29 is 0 Å². The van der Waals surface area contributed by atoms with Crippen molar-refractivity contribution in [3.8, 4) is 0 Å². The van der Waals surface area contributed by atoms with Crippen molar-refractivity contribution in [3.05, 3.63) is 0 Å². The van der Waals surface area contributed by atoms with E-state index in [9.17, 15) is 0 Å². The lowest BCUT2D eigenvalue weighted by atomic mass is 10.3. The molecule has 0 aliphatic heterocycles. The number of hydrogen-bond donors (Lipinski definition) is 0. The summed E-state index contributed by atoms with van der Waals surface area (Å²) in [6.07, 6.45) is 2.96. The number of rotatable bonds is 2. The second-order valence-corrected chi connectivity index (χ2v) is 3.53. The molecule has 7 heavy (non-hydrogen) atoms. The second-order valence-electron chi connectivity index (χ2n) is 2.45. The number of halogens is 1. The topological polar surface area (TPSA) is 0 Å². The fourth-order valence-electron chi connectivity index (χ4n) is 0.941. The molecule has 0 aromatic carbocycles. The van der Waals surface area contributed by atoms with Crippen LogP contribution in [0.1, 0.15) is 19.8 Å². The summed E-state index contributed by atoms with van der Waals surface area (Å²) in [5.41, 5.74) is 0. The van der Waals surface area contributed by atoms with Gasteiger partial charge in [0.25, 0.3) is 0 Å². The van der Waals surface area contributed by atoms with Crippen LogP contribution in [0.4, 0.5) is 0 Å². The molecule has 1 fully saturated rings. The summed E-state index contributed by atoms with van der Waals surface area (Å²) in [6.45, 7) is 2.34. The Morgan fingerprint density at radius 3 is 2.43 bits per heavy atom. The van der Waals surface area contributed by atoms with Gasteiger partial charge in [0.2, 0.25) is 0 Å². The molecule has 0 radical (unpaired) electrons. The van der Waals surface area contributed by atoms with E-state index in [1.807, 2.05) is 0 Å². The minimum absolute atomic E-state index is 1.06. The Morgan fingerprint density at radius 2 is 2.29 bits per heavy atom. The Hall–Kier alpha value is 0.730. The Bertz CT molecular complexity index is 61.2. The minimum atomic E-state index is 1.06. The van der Waals surface area contributed by atoms with Gasteiger partial charge < -0.3 is 0 Å². The molecular formula is C6H11I. The molecule has 1 heteroatoms. The lowest BCUT2D eigenvalue weighted by molar-refractivity contribution is 0.736. The van der Waals surface area contributed by atoms with Gasteiger partial charge in [-0.3, -0.25) is 0 Å². The Morgan fingerprint density at radius 1 is 1.71 bits per heavy atom. The zero-order valence-electron chi connectivity index (χ0n) is 4.65. The first kappa shape index (κ1) is 5.86. The minimum Gasteiger partial charge on any atom is -0.0864 e. The fourth-order valence-corrected chi connectivity index (χ4v) is 1.74. The zero-order valence-corrected chi connectivity index (χ0v) is 6.81. The van der Waals surface area contributed by atoms with Gasteiger partial charge in [-0.2, -0.15) is 0 Å². The van der Waals surface area contributed by atoms with Crippen LogP contribution in [0.3, 0.4) is 0 Å². The van der Waals surface area contributed by atoms with Crippen molar-refractivity contribution in [2.45, 2.75) is 19.8 Å². The first-order valence-corrected chi connectivity index (χ1v) is 4.43. The van der Waals surface area contributed by atoms with Crippen LogP contribution in [0, 0.1) is 11.8 Å². The maximum absolute atomic E-state index is 2.45. The summed E-state index contributed by atoms with van der Waals surface area (Å²) in [5, 5.41) is 0. The summed E-state index contributed by atoms with van der Waals surface area (Å²) in [6, 6.07) is 0. The van der Waals surface area contributed by atoms with Crippen LogP contribution in [0.15, 0.2) is 0 Å². The van der Waals surface area contributed by atoms with Crippen LogP contribution >= 0.6 is 22.6 Å². The highest BCUT2D eigenvalue weighted by Gasteiger charge is 2.30. The van der Waals surface area contributed by atoms with Crippen LogP contribution in [0.2, 0.25) is 0 Å². The largest absolute Gasteiger partial charge is 0.0864 e. The maximum Gasteiger partial charge on any atom is -0.000199 e. The Kier molecular flexibility index (Phi) is 1.95. The Labute approximate surface area is 58.8 Å². The highest BCUT2D eigenvalue weighted by atomic mass is 127. The molecule has 0 bridgehead atoms. The third-order valence-corrected chi connectivity index (χ3v) is 2.38. The molecule has 1 aliphatic rings. The summed E-state index contributed by atoms with van der Waals surface area (Å²) < 4.78 is 1.35. The van der Waals surface area contributed by atoms with Gasteiger partial charge in [0.05, 0.1) is 0 Å². The molecule has 0 nitrogen and oxygen atoms in total. The third-order valence-electron chi connectivity index (χ3n) is 1.76. The molecule has 0 heterocycles. The summed E-state index contributed by atoms with van der Waals surface area (Å²) in [5.74, 6) is 2.17. The third kappa shape index (κ3) is 1.59. The van der Waals surface area contributed by atoms with E-state index in [1.165, 1.54) is 17.3 Å². The van der Waals surface area contributed by atoms with Gasteiger partial charge in [0.1, 0.15) is 0 Å². The number of hydrogen-bond acceptors (Lipinski definition) is 0. The first-order chi connectivity index (χ1) is 3.34. The average Bonchev–Trinajstić information content (AvgIpc) is 2.22. The van der Waals surface area contributed by atoms with Crippen molar-refractivity contribution in [3.63, 3.8) is 0 Å². The van der Waals surface area contributed by atoms with E-state index in [0.29, 0.717) is 0 Å². The van der Waals surface area contributed by atoms with E-state index in [2.05, 4.69) is 29.5 Å². The van der Waals surface area contributed by atoms with Crippen LogP contribution < -0.4 is 0 Å². The lowest BCUT2D eigenvalue weighted by Gasteiger charge is -1.85. The highest BCUT2D eigenvalue weighted by Crippen LogP contribution is 2.40. The van der Waals surface area contributed by atoms with Crippen molar-refractivity contribution in [1.29, 1.82) is 0 Å². The monoisotopic (exact) mass is 210 g/mol. The molecule has 0 saturated heterocycles. The SMILES string of the molecule is CC1C[C@H]1CCI. The van der Waals surface area contributed by atoms with E-state index in [1.54, 1.807) is 0 Å². The van der Waals surface area contributed by atoms with Crippen molar-refractivity contribution in [2.75, 3.05) is 4.43 Å². The van der Waals surface area contributed by atoms with Gasteiger partial charge in [-0.15, -0.1) is 0 Å². The van der Waals surface area contributed by atoms with Crippen molar-refractivity contribution in [2.24, 2.45) is 11.8 Å². The van der Waals surface area contributed by atoms with E-state index in [-0.39, 0.29) is 0 Å². The smallest absolute Gasteiger partial charge is 0.000199 e. The predicted octanol–water partition coefficient (Wildman–Crippen LogP) is 2.47. The average molecular weight is 210 g/mol. The van der Waals surface area contributed by atoms with E-state index in [4.69, 9.17) is 0 Å². The molecule has 0 N–H and O–H groups in total. The molecule has 0 amide bonds. The molecule has 0 aromatic heterocycles. The Balaban J connectivity index is 1.98. The molecule has 1 saturated carbocycles. The lowest BCUT2D eigenvalue weighted by Crippen LogP contribution is -1.77. The van der Waals surface area contributed by atoms with Crippen LogP contribution in [-0.2, 0) is 0 Å². The molecular weight excluding hydrogens is 199 g/mol. The summed E-state index contributed by atoms with van der Waals surface area (Å²) in [4.78, 5) is 0. The normalized spacial score (nSPS) is 38.6. The second kappa shape index (κ2) is 2.33. The van der Waals surface area contributed by atoms with Crippen LogP contribution in [0.25, 0.3) is 0 Å². The maximum atomic E-state index is 2.45. The molecule has 1 unspecified atom stereocenters. The standard InChI is InChI=1S/C6H11I/c1-5-4-6(5)2-3-7/h5-6H,2-4H2,1H3/t5?,6-/m1/s1. The van der Waals surface area contributed by atoms with Gasteiger partial charge in [0, 0.05) is 0 Å². The van der Waals surface area contributed by atoms with Crippen molar-refractivity contribution >= 4 is 22.6 Å². The number of alkyl halides is 1. The fraction of sp³-hybridized carbons (Fsp3) is 1.00. The highest BCUT2D eigenvalue weighted by molar-refractivity contribution is 14.1. The zero-order chi connectivity index (χ0) is 5.28. The summed E-state index contributed by atoms with van der Waals surface area (Å²) >= 11 is 2.45. The molecule has 0 aromatic rings. The van der Waals surface area contributed by atoms with Gasteiger partial charge in [-0.25, -0.2) is 0 Å². The van der Waals surface area contributed by atoms with Gasteiger partial charge >= 0.3 is 0 Å². The molecule has 1 aliphatic carbocycles. The first-order valence-electron chi connectivity index (χ1n) is 2.90. The predicted molar refractivity (Wildman–Crippen MR) is 40.8 cm³/mol. The molecule has 2 atom stereocenters. The molecule has 42 valence electrons. The van der Waals surface area contributed by atoms with Gasteiger partial charge in [-0.1, -0.05) is 29.5 Å². The van der Waals surface area contributed by atoms with Gasteiger partial charge in [0.15, 0.2) is 0 Å².